The van der Waals surface area contributed by atoms with E-state index in [2.05, 4.69) is 5.32 Å². The van der Waals surface area contributed by atoms with Crippen LogP contribution in [0.25, 0.3) is 10.1 Å². The first-order valence-electron chi connectivity index (χ1n) is 7.84. The molecule has 0 saturated heterocycles. The maximum atomic E-state index is 14.0. The Labute approximate surface area is 152 Å². The van der Waals surface area contributed by atoms with Crippen LogP contribution in [0, 0.1) is 12.7 Å². The van der Waals surface area contributed by atoms with Crippen LogP contribution in [0.1, 0.15) is 36.0 Å². The van der Waals surface area contributed by atoms with Crippen LogP contribution in [-0.4, -0.2) is 29.7 Å². The molecular formula is C19H13FN2O3S. The van der Waals surface area contributed by atoms with Gasteiger partial charge in [0.05, 0.1) is 16.0 Å². The number of amides is 3. The van der Waals surface area contributed by atoms with E-state index in [1.807, 2.05) is 0 Å². The van der Waals surface area contributed by atoms with Crippen LogP contribution in [0.5, 0.6) is 0 Å². The highest BCUT2D eigenvalue weighted by Gasteiger charge is 2.32. The standard InChI is InChI=1S/C19H13FN2O3S/c1-9-15-13(20)4-3-5-14(15)26-16(9)17(23)21-10-6-7-11-12(8-10)19(25)22(2)18(11)24/h3-8H,1-2H3,(H,21,23). The first kappa shape index (κ1) is 16.4. The molecule has 3 aromatic rings. The fraction of sp³-hybridized carbons (Fsp3) is 0.105. The summed E-state index contributed by atoms with van der Waals surface area (Å²) >= 11 is 1.21. The number of thiophene rings is 1. The quantitative estimate of drug-likeness (QED) is 0.699. The van der Waals surface area contributed by atoms with Gasteiger partial charge in [-0.2, -0.15) is 0 Å². The number of rotatable bonds is 2. The highest BCUT2D eigenvalue weighted by Crippen LogP contribution is 2.33. The van der Waals surface area contributed by atoms with Gasteiger partial charge in [-0.05, 0) is 42.8 Å². The van der Waals surface area contributed by atoms with Gasteiger partial charge in [0.15, 0.2) is 0 Å². The van der Waals surface area contributed by atoms with Gasteiger partial charge in [-0.1, -0.05) is 6.07 Å². The molecular weight excluding hydrogens is 355 g/mol. The lowest BCUT2D eigenvalue weighted by molar-refractivity contribution is 0.0692. The van der Waals surface area contributed by atoms with Gasteiger partial charge < -0.3 is 5.32 Å². The summed E-state index contributed by atoms with van der Waals surface area (Å²) in [6, 6.07) is 9.32. The van der Waals surface area contributed by atoms with Gasteiger partial charge >= 0.3 is 0 Å². The number of anilines is 1. The molecule has 1 aromatic heterocycles. The topological polar surface area (TPSA) is 66.5 Å². The minimum Gasteiger partial charge on any atom is -0.321 e. The largest absolute Gasteiger partial charge is 0.321 e. The van der Waals surface area contributed by atoms with Gasteiger partial charge in [0.2, 0.25) is 0 Å². The SMILES string of the molecule is Cc1c(C(=O)Nc2ccc3c(c2)C(=O)N(C)C3=O)sc2cccc(F)c12. The summed E-state index contributed by atoms with van der Waals surface area (Å²) in [5.41, 5.74) is 1.56. The van der Waals surface area contributed by atoms with Crippen molar-refractivity contribution < 1.29 is 18.8 Å². The van der Waals surface area contributed by atoms with Crippen molar-refractivity contribution >= 4 is 44.8 Å². The number of carbonyl (C=O) groups excluding carboxylic acids is 3. The van der Waals surface area contributed by atoms with Crippen molar-refractivity contribution in [2.24, 2.45) is 0 Å². The van der Waals surface area contributed by atoms with Gasteiger partial charge in [0.1, 0.15) is 5.82 Å². The Balaban J connectivity index is 1.68. The van der Waals surface area contributed by atoms with Crippen LogP contribution in [0.2, 0.25) is 0 Å². The number of nitrogens with zero attached hydrogens (tertiary/aromatic N) is 1. The second-order valence-corrected chi connectivity index (χ2v) is 7.11. The average molecular weight is 368 g/mol. The summed E-state index contributed by atoms with van der Waals surface area (Å²) < 4.78 is 14.7. The minimum absolute atomic E-state index is 0.259. The lowest BCUT2D eigenvalue weighted by atomic mass is 10.1. The number of imide groups is 1. The number of hydrogen-bond donors (Lipinski definition) is 1. The number of carbonyl (C=O) groups is 3. The first-order valence-corrected chi connectivity index (χ1v) is 8.65. The zero-order valence-electron chi connectivity index (χ0n) is 13.9. The highest BCUT2D eigenvalue weighted by atomic mass is 32.1. The third kappa shape index (κ3) is 2.32. The molecule has 0 spiro atoms. The van der Waals surface area contributed by atoms with Crippen molar-refractivity contribution in [3.8, 4) is 0 Å². The Morgan fingerprint density at radius 2 is 1.85 bits per heavy atom. The van der Waals surface area contributed by atoms with Crippen molar-refractivity contribution in [2.45, 2.75) is 6.92 Å². The summed E-state index contributed by atoms with van der Waals surface area (Å²) in [6.07, 6.45) is 0. The van der Waals surface area contributed by atoms with Gasteiger partial charge in [-0.3, -0.25) is 19.3 Å². The molecule has 0 unspecified atom stereocenters. The van der Waals surface area contributed by atoms with Gasteiger partial charge in [-0.15, -0.1) is 11.3 Å². The monoisotopic (exact) mass is 368 g/mol. The van der Waals surface area contributed by atoms with Crippen molar-refractivity contribution in [1.29, 1.82) is 0 Å². The molecule has 0 radical (unpaired) electrons. The summed E-state index contributed by atoms with van der Waals surface area (Å²) in [6.45, 7) is 1.71. The van der Waals surface area contributed by atoms with Crippen molar-refractivity contribution in [1.82, 2.24) is 4.90 Å². The molecule has 4 rings (SSSR count). The molecule has 0 aliphatic carbocycles. The molecule has 1 N–H and O–H groups in total. The fourth-order valence-electron chi connectivity index (χ4n) is 3.10. The molecule has 0 fully saturated rings. The minimum atomic E-state index is -0.402. The molecule has 7 heteroatoms. The maximum Gasteiger partial charge on any atom is 0.266 e. The first-order chi connectivity index (χ1) is 12.4. The smallest absolute Gasteiger partial charge is 0.266 e. The third-order valence-corrected chi connectivity index (χ3v) is 5.71. The van der Waals surface area contributed by atoms with Gasteiger partial charge in [0, 0.05) is 22.8 Å². The lowest BCUT2D eigenvalue weighted by Crippen LogP contribution is -2.24. The number of halogens is 1. The Hall–Kier alpha value is -3.06. The van der Waals surface area contributed by atoms with E-state index in [4.69, 9.17) is 0 Å². The van der Waals surface area contributed by atoms with E-state index in [0.717, 1.165) is 4.90 Å². The Morgan fingerprint density at radius 3 is 2.58 bits per heavy atom. The molecule has 0 atom stereocenters. The molecule has 2 heterocycles. The van der Waals surface area contributed by atoms with Crippen molar-refractivity contribution in [3.63, 3.8) is 0 Å². The van der Waals surface area contributed by atoms with Gasteiger partial charge in [0.25, 0.3) is 17.7 Å². The lowest BCUT2D eigenvalue weighted by Gasteiger charge is -2.06. The molecule has 26 heavy (non-hydrogen) atoms. The summed E-state index contributed by atoms with van der Waals surface area (Å²) in [5.74, 6) is -1.51. The van der Waals surface area contributed by atoms with Crippen LogP contribution >= 0.6 is 11.3 Å². The van der Waals surface area contributed by atoms with E-state index in [9.17, 15) is 18.8 Å². The number of aryl methyl sites for hydroxylation is 1. The summed E-state index contributed by atoms with van der Waals surface area (Å²) in [4.78, 5) is 38.1. The number of fused-ring (bicyclic) bond motifs is 2. The summed E-state index contributed by atoms with van der Waals surface area (Å²) in [5, 5.41) is 3.17. The van der Waals surface area contributed by atoms with Crippen LogP contribution in [0.3, 0.4) is 0 Å². The van der Waals surface area contributed by atoms with E-state index in [1.165, 1.54) is 36.6 Å². The summed E-state index contributed by atoms with van der Waals surface area (Å²) in [7, 11) is 1.41. The predicted octanol–water partition coefficient (Wildman–Crippen LogP) is 3.83. The zero-order chi connectivity index (χ0) is 18.6. The predicted molar refractivity (Wildman–Crippen MR) is 97.3 cm³/mol. The van der Waals surface area contributed by atoms with Crippen LogP contribution in [0.4, 0.5) is 10.1 Å². The zero-order valence-corrected chi connectivity index (χ0v) is 14.7. The second-order valence-electron chi connectivity index (χ2n) is 6.05. The number of hydrogen-bond acceptors (Lipinski definition) is 4. The van der Waals surface area contributed by atoms with Crippen LogP contribution in [0.15, 0.2) is 36.4 Å². The molecule has 2 aromatic carbocycles. The molecule has 0 saturated carbocycles. The van der Waals surface area contributed by atoms with E-state index >= 15 is 0 Å². The van der Waals surface area contributed by atoms with E-state index < -0.39 is 5.91 Å². The van der Waals surface area contributed by atoms with E-state index in [-0.39, 0.29) is 23.2 Å². The van der Waals surface area contributed by atoms with E-state index in [0.29, 0.717) is 31.8 Å². The number of benzene rings is 2. The van der Waals surface area contributed by atoms with Crippen LogP contribution in [-0.2, 0) is 0 Å². The second kappa shape index (κ2) is 5.74. The fourth-order valence-corrected chi connectivity index (χ4v) is 4.21. The maximum absolute atomic E-state index is 14.0. The molecule has 1 aliphatic heterocycles. The number of nitrogens with one attached hydrogen (secondary N) is 1. The highest BCUT2D eigenvalue weighted by molar-refractivity contribution is 7.21. The Morgan fingerprint density at radius 1 is 1.12 bits per heavy atom. The Bertz CT molecular complexity index is 1120. The van der Waals surface area contributed by atoms with Crippen molar-refractivity contribution in [3.05, 3.63) is 63.8 Å². The molecule has 5 nitrogen and oxygen atoms in total. The molecule has 1 aliphatic rings. The average Bonchev–Trinajstić information content (AvgIpc) is 3.07. The van der Waals surface area contributed by atoms with E-state index in [1.54, 1.807) is 25.1 Å². The Kier molecular flexibility index (Phi) is 3.62. The normalized spacial score (nSPS) is 13.4. The van der Waals surface area contributed by atoms with Crippen molar-refractivity contribution in [2.75, 3.05) is 12.4 Å². The van der Waals surface area contributed by atoms with Crippen LogP contribution < -0.4 is 5.32 Å². The van der Waals surface area contributed by atoms with Gasteiger partial charge in [-0.25, -0.2) is 4.39 Å². The molecule has 3 amide bonds. The molecule has 0 bridgehead atoms. The third-order valence-electron chi connectivity index (χ3n) is 4.46. The molecule has 130 valence electrons.